The molecule has 18 heteroatoms. The van der Waals surface area contributed by atoms with Crippen molar-refractivity contribution in [2.75, 3.05) is 66.1 Å². The molecule has 0 saturated carbocycles. The van der Waals surface area contributed by atoms with Gasteiger partial charge in [-0.2, -0.15) is 5.26 Å². The van der Waals surface area contributed by atoms with Gasteiger partial charge in [-0.25, -0.2) is 8.42 Å². The van der Waals surface area contributed by atoms with Crippen molar-refractivity contribution in [1.82, 2.24) is 19.7 Å². The van der Waals surface area contributed by atoms with Crippen molar-refractivity contribution in [3.05, 3.63) is 127 Å². The Morgan fingerprint density at radius 2 is 1.41 bits per heavy atom. The number of benzene rings is 3. The number of fused-ring (bicyclic) bond motifs is 4. The van der Waals surface area contributed by atoms with Crippen molar-refractivity contribution < 1.29 is 41.7 Å². The van der Waals surface area contributed by atoms with Crippen molar-refractivity contribution in [2.45, 2.75) is 76.5 Å². The molecule has 0 spiro atoms. The minimum absolute atomic E-state index is 0.0776. The highest BCUT2D eigenvalue weighted by molar-refractivity contribution is 7.90. The number of ketones is 2. The molecule has 0 fully saturated rings. The van der Waals surface area contributed by atoms with Gasteiger partial charge in [-0.15, -0.1) is 21.5 Å². The number of halogens is 1. The molecule has 1 aliphatic heterocycles. The Bertz CT molecular complexity index is 2920. The first-order valence-corrected chi connectivity index (χ1v) is 25.8. The van der Waals surface area contributed by atoms with Crippen LogP contribution in [0.5, 0.6) is 0 Å². The topological polar surface area (TPSA) is 197 Å². The molecule has 0 amide bonds. The van der Waals surface area contributed by atoms with E-state index >= 15 is 0 Å². The summed E-state index contributed by atoms with van der Waals surface area (Å²) in [5, 5.41) is 20.7. The van der Waals surface area contributed by atoms with E-state index in [2.05, 4.69) is 39.7 Å². The molecule has 15 nitrogen and oxygen atoms in total. The zero-order chi connectivity index (χ0) is 48.9. The molecule has 1 aliphatic rings. The summed E-state index contributed by atoms with van der Waals surface area (Å²) in [7, 11) is -3.70. The fraction of sp³-hybridized carbons (Fsp3) is 0.412. The molecule has 0 radical (unpaired) electrons. The Kier molecular flexibility index (Phi) is 18.2. The number of hydrogen-bond acceptors (Lipinski definition) is 14. The average molecular weight is 998 g/mol. The van der Waals surface area contributed by atoms with Gasteiger partial charge in [0.05, 0.1) is 80.3 Å². The summed E-state index contributed by atoms with van der Waals surface area (Å²) in [5.41, 5.74) is 6.94. The third kappa shape index (κ3) is 13.1. The van der Waals surface area contributed by atoms with Crippen LogP contribution in [0.4, 0.5) is 0 Å². The number of aromatic amines is 1. The van der Waals surface area contributed by atoms with E-state index in [-0.39, 0.29) is 35.1 Å². The quantitative estimate of drug-likeness (QED) is 0.0381. The molecule has 4 heterocycles. The zero-order valence-electron chi connectivity index (χ0n) is 39.3. The van der Waals surface area contributed by atoms with Crippen LogP contribution < -0.4 is 0 Å². The second kappa shape index (κ2) is 24.4. The van der Waals surface area contributed by atoms with Crippen molar-refractivity contribution in [3.63, 3.8) is 0 Å². The fourth-order valence-corrected chi connectivity index (χ4v) is 10.8. The number of nitriles is 1. The van der Waals surface area contributed by atoms with Crippen molar-refractivity contribution in [1.29, 1.82) is 5.26 Å². The van der Waals surface area contributed by atoms with Gasteiger partial charge in [0.15, 0.2) is 21.4 Å². The molecule has 69 heavy (non-hydrogen) atoms. The second-order valence-electron chi connectivity index (χ2n) is 16.7. The first kappa shape index (κ1) is 51.4. The minimum atomic E-state index is -3.70. The summed E-state index contributed by atoms with van der Waals surface area (Å²) in [4.78, 5) is 35.6. The normalized spacial score (nSPS) is 13.5. The van der Waals surface area contributed by atoms with E-state index in [4.69, 9.17) is 40.3 Å². The summed E-state index contributed by atoms with van der Waals surface area (Å²) < 4.78 is 56.6. The van der Waals surface area contributed by atoms with Crippen molar-refractivity contribution in [3.8, 4) is 11.1 Å². The van der Waals surface area contributed by atoms with Crippen LogP contribution in [-0.2, 0) is 44.1 Å². The number of nitrogens with zero attached hydrogens (tertiary/aromatic N) is 5. The van der Waals surface area contributed by atoms with Gasteiger partial charge in [-0.3, -0.25) is 19.1 Å². The number of carbonyl (C=O) groups excluding carboxylic acids is 2. The van der Waals surface area contributed by atoms with Gasteiger partial charge in [0, 0.05) is 70.6 Å². The number of Topliss-reactive ketones (excluding diaryl/α,β-unsaturated/α-hetero) is 2. The molecule has 3 aromatic carbocycles. The van der Waals surface area contributed by atoms with Crippen LogP contribution in [0.15, 0.2) is 76.7 Å². The van der Waals surface area contributed by atoms with Gasteiger partial charge in [0.2, 0.25) is 0 Å². The van der Waals surface area contributed by atoms with E-state index in [0.29, 0.717) is 118 Å². The number of rotatable bonds is 27. The molecule has 1 N–H and O–H groups in total. The van der Waals surface area contributed by atoms with Gasteiger partial charge < -0.3 is 28.7 Å². The highest BCUT2D eigenvalue weighted by atomic mass is 35.5. The van der Waals surface area contributed by atoms with Crippen molar-refractivity contribution in [2.24, 2.45) is 4.99 Å². The lowest BCUT2D eigenvalue weighted by Crippen LogP contribution is -2.14. The number of hydrogen-bond donors (Lipinski definition) is 1. The summed E-state index contributed by atoms with van der Waals surface area (Å²) in [6.45, 7) is 12.1. The third-order valence-electron chi connectivity index (χ3n) is 11.8. The van der Waals surface area contributed by atoms with Gasteiger partial charge in [-0.05, 0) is 81.5 Å². The highest BCUT2D eigenvalue weighted by Crippen LogP contribution is 2.40. The lowest BCUT2D eigenvalue weighted by molar-refractivity contribution is -0.119. The van der Waals surface area contributed by atoms with Crippen LogP contribution >= 0.6 is 22.9 Å². The average Bonchev–Trinajstić information content (AvgIpc) is 4.01. The molecule has 3 aromatic heterocycles. The molecule has 0 unspecified atom stereocenters. The predicted octanol–water partition coefficient (Wildman–Crippen LogP) is 8.92. The maximum absolute atomic E-state index is 13.3. The van der Waals surface area contributed by atoms with Gasteiger partial charge in [0.25, 0.3) is 0 Å². The molecule has 364 valence electrons. The van der Waals surface area contributed by atoms with Crippen LogP contribution in [0.2, 0.25) is 5.02 Å². The van der Waals surface area contributed by atoms with E-state index in [0.717, 1.165) is 44.2 Å². The van der Waals surface area contributed by atoms with Crippen LogP contribution in [-0.4, -0.2) is 112 Å². The first-order valence-electron chi connectivity index (χ1n) is 23.0. The number of nitrogens with one attached hydrogen (secondary N) is 1. The van der Waals surface area contributed by atoms with Gasteiger partial charge in [-0.1, -0.05) is 48.0 Å². The van der Waals surface area contributed by atoms with Gasteiger partial charge in [0.1, 0.15) is 28.7 Å². The second-order valence-corrected chi connectivity index (χ2v) is 20.4. The number of aryl methyl sites for hydroxylation is 3. The van der Waals surface area contributed by atoms with E-state index in [9.17, 15) is 23.3 Å². The summed E-state index contributed by atoms with van der Waals surface area (Å²) in [5.74, 6) is 1.16. The largest absolute Gasteiger partial charge is 0.379 e. The lowest BCUT2D eigenvalue weighted by Gasteiger charge is -2.12. The van der Waals surface area contributed by atoms with E-state index in [1.165, 1.54) is 17.0 Å². The number of H-pyrrole nitrogens is 1. The lowest BCUT2D eigenvalue weighted by atomic mass is 9.99. The van der Waals surface area contributed by atoms with Crippen LogP contribution in [0.3, 0.4) is 0 Å². The number of aliphatic imine (C=N–C) groups is 1. The first-order chi connectivity index (χ1) is 33.4. The molecular weight excluding hydrogens is 940 g/mol. The SMILES string of the molecule is Cc1sc2c(c1C)C(c1ccc(Cl)cc1)=N[C@@H](CC(=O)CCCOCCOCCOCCOCCOCCCC(=O)c1ccc(S(=O)(=O)Cc3ccc(C)c4c(C#N)c[nH]c34)cc1)c1nnc(C)n1-2. The summed E-state index contributed by atoms with van der Waals surface area (Å²) in [6.07, 6.45) is 3.52. The standard InChI is InChI=1S/C51H57ClN6O9S2/c1-33-9-10-39(48-46(33)40(30-53)31-54-48)32-69(61,62)43-17-13-37(14-18-43)45(60)8-6-20-64-22-24-66-26-28-67-27-25-65-23-21-63-19-5-7-42(59)29-44-50-57-56-36(4)58(50)51-47(34(2)35(3)68-51)49(55-44)38-11-15-41(52)16-12-38/h9-18,31,44,54H,5-8,19-29,32H2,1-4H3/t44-/m0/s1. The van der Waals surface area contributed by atoms with Crippen LogP contribution in [0, 0.1) is 39.0 Å². The van der Waals surface area contributed by atoms with E-state index in [1.807, 2.05) is 44.2 Å². The number of sulfone groups is 1. The molecule has 1 atom stereocenters. The maximum atomic E-state index is 13.3. The minimum Gasteiger partial charge on any atom is -0.379 e. The Morgan fingerprint density at radius 3 is 2.03 bits per heavy atom. The Balaban J connectivity index is 0.692. The smallest absolute Gasteiger partial charge is 0.182 e. The summed E-state index contributed by atoms with van der Waals surface area (Å²) >= 11 is 7.91. The number of ether oxygens (including phenoxy) is 5. The van der Waals surface area contributed by atoms with Gasteiger partial charge >= 0.3 is 0 Å². The fourth-order valence-electron chi connectivity index (χ4n) is 8.11. The van der Waals surface area contributed by atoms with Crippen LogP contribution in [0.1, 0.15) is 98.4 Å². The molecule has 0 aliphatic carbocycles. The Labute approximate surface area is 411 Å². The molecule has 6 aromatic rings. The van der Waals surface area contributed by atoms with E-state index < -0.39 is 15.9 Å². The van der Waals surface area contributed by atoms with Crippen LogP contribution in [0.25, 0.3) is 15.9 Å². The molecule has 0 bridgehead atoms. The van der Waals surface area contributed by atoms with E-state index in [1.54, 1.807) is 35.7 Å². The number of thiophene rings is 1. The zero-order valence-corrected chi connectivity index (χ0v) is 41.7. The Morgan fingerprint density at radius 1 is 0.797 bits per heavy atom. The monoisotopic (exact) mass is 996 g/mol. The number of aromatic nitrogens is 4. The predicted molar refractivity (Wildman–Crippen MR) is 265 cm³/mol. The molecular formula is C51H57ClN6O9S2. The molecule has 7 rings (SSSR count). The third-order valence-corrected chi connectivity index (χ3v) is 15.0. The highest BCUT2D eigenvalue weighted by Gasteiger charge is 2.32. The molecule has 0 saturated heterocycles. The summed E-state index contributed by atoms with van der Waals surface area (Å²) in [6, 6.07) is 18.9. The van der Waals surface area contributed by atoms with Crippen molar-refractivity contribution >= 4 is 61.0 Å². The maximum Gasteiger partial charge on any atom is 0.182 e. The Hall–Kier alpha value is -5.42. The number of carbonyl (C=O) groups is 2.